The average Bonchev–Trinajstić information content (AvgIpc) is 4.01. The van der Waals surface area contributed by atoms with Gasteiger partial charge in [0, 0.05) is 70.7 Å². The number of thiophene rings is 1. The molecule has 0 bridgehead atoms. The monoisotopic (exact) mass is 868 g/mol. The molecule has 0 saturated heterocycles. The average molecular weight is 869 g/mol. The molecule has 0 spiro atoms. The second-order valence-electron chi connectivity index (χ2n) is 16.6. The summed E-state index contributed by atoms with van der Waals surface area (Å²) >= 11 is 8.47. The lowest BCUT2D eigenvalue weighted by atomic mass is 10.0. The molecule has 0 saturated carbocycles. The molecule has 4 nitrogen and oxygen atoms in total. The van der Waals surface area contributed by atoms with Gasteiger partial charge in [-0.3, -0.25) is 4.98 Å². The third-order valence-corrected chi connectivity index (χ3v) is 14.2. The molecule has 65 heavy (non-hydrogen) atoms. The van der Waals surface area contributed by atoms with Gasteiger partial charge >= 0.3 is 0 Å². The summed E-state index contributed by atoms with van der Waals surface area (Å²) in [5.74, 6) is 0. The highest BCUT2D eigenvalue weighted by Gasteiger charge is 2.20. The van der Waals surface area contributed by atoms with Crippen LogP contribution in [0.25, 0.3) is 97.4 Å². The van der Waals surface area contributed by atoms with E-state index < -0.39 is 0 Å². The molecule has 0 amide bonds. The van der Waals surface area contributed by atoms with Crippen LogP contribution < -0.4 is 4.90 Å². The Hall–Kier alpha value is -7.96. The highest BCUT2D eigenvalue weighted by atomic mass is 35.5. The van der Waals surface area contributed by atoms with Crippen molar-refractivity contribution in [3.63, 3.8) is 0 Å². The number of halogens is 1. The van der Waals surface area contributed by atoms with Crippen LogP contribution in [0.4, 0.5) is 17.1 Å². The lowest BCUT2D eigenvalue weighted by Crippen LogP contribution is -2.09. The molecule has 0 aliphatic rings. The van der Waals surface area contributed by atoms with Gasteiger partial charge in [0.15, 0.2) is 0 Å². The summed E-state index contributed by atoms with van der Waals surface area (Å²) in [6, 6.07) is 76.9. The molecule has 0 aliphatic heterocycles. The standard InChI is InChI=1S/C59H37ClN4S/c60-42-32-47(37-61-36-42)64-55-30-23-41(31-51(55)53-35-56-52(34-57(53)64)48-15-7-9-17-54(48)63(56)43-13-5-2-6-14-43)40-21-26-45(27-22-40)62(44-24-19-39(20-25-44)38-11-3-1-4-12-38)46-28-29-50-49-16-8-10-18-58(49)65-59(50)33-46/h1-37H. The van der Waals surface area contributed by atoms with Crippen molar-refractivity contribution in [2.45, 2.75) is 0 Å². The third kappa shape index (κ3) is 6.23. The molecular weight excluding hydrogens is 832 g/mol. The Morgan fingerprint density at radius 3 is 1.63 bits per heavy atom. The van der Waals surface area contributed by atoms with Gasteiger partial charge in [-0.25, -0.2) is 0 Å². The summed E-state index contributed by atoms with van der Waals surface area (Å²) in [4.78, 5) is 6.89. The minimum atomic E-state index is 0.598. The molecule has 4 heterocycles. The van der Waals surface area contributed by atoms with E-state index in [1.54, 1.807) is 6.20 Å². The molecule has 0 atom stereocenters. The molecule has 4 aromatic heterocycles. The van der Waals surface area contributed by atoms with Crippen LogP contribution in [0.1, 0.15) is 0 Å². The Morgan fingerprint density at radius 1 is 0.354 bits per heavy atom. The Morgan fingerprint density at radius 2 is 0.892 bits per heavy atom. The van der Waals surface area contributed by atoms with Crippen LogP contribution >= 0.6 is 22.9 Å². The molecule has 0 fully saturated rings. The van der Waals surface area contributed by atoms with Gasteiger partial charge in [-0.1, -0.05) is 133 Å². The fourth-order valence-corrected chi connectivity index (χ4v) is 11.2. The van der Waals surface area contributed by atoms with E-state index in [9.17, 15) is 0 Å². The molecule has 0 N–H and O–H groups in total. The summed E-state index contributed by atoms with van der Waals surface area (Å²) in [5, 5.41) is 7.90. The molecule has 13 aromatic rings. The van der Waals surface area contributed by atoms with Crippen LogP contribution in [-0.4, -0.2) is 14.1 Å². The maximum Gasteiger partial charge on any atom is 0.0660 e. The Labute approximate surface area is 384 Å². The van der Waals surface area contributed by atoms with Crippen LogP contribution in [-0.2, 0) is 0 Å². The molecule has 0 radical (unpaired) electrons. The zero-order valence-corrected chi connectivity index (χ0v) is 36.5. The van der Waals surface area contributed by atoms with E-state index in [4.69, 9.17) is 11.6 Å². The SMILES string of the molecule is Clc1cncc(-n2c3ccc(-c4ccc(N(c5ccc(-c6ccccc6)cc5)c5ccc6c(c5)sc5ccccc56)cc4)cc3c3cc4c(cc32)c2ccccc2n4-c2ccccc2)c1. The second-order valence-corrected chi connectivity index (χ2v) is 18.1. The Bertz CT molecular complexity index is 3940. The fourth-order valence-electron chi connectivity index (χ4n) is 9.85. The number of para-hydroxylation sites is 2. The highest BCUT2D eigenvalue weighted by Crippen LogP contribution is 2.44. The van der Waals surface area contributed by atoms with Gasteiger partial charge in [0.05, 0.1) is 39.0 Å². The van der Waals surface area contributed by atoms with E-state index in [1.165, 1.54) is 47.6 Å². The van der Waals surface area contributed by atoms with Gasteiger partial charge in [-0.2, -0.15) is 0 Å². The summed E-state index contributed by atoms with van der Waals surface area (Å²) in [6.07, 6.45) is 3.59. The van der Waals surface area contributed by atoms with Crippen LogP contribution in [0.3, 0.4) is 0 Å². The maximum atomic E-state index is 6.62. The molecule has 0 aliphatic carbocycles. The third-order valence-electron chi connectivity index (χ3n) is 12.8. The first-order valence-electron chi connectivity index (χ1n) is 21.8. The quantitative estimate of drug-likeness (QED) is 0.159. The zero-order valence-electron chi connectivity index (χ0n) is 34.9. The molecule has 6 heteroatoms. The highest BCUT2D eigenvalue weighted by molar-refractivity contribution is 7.25. The van der Waals surface area contributed by atoms with Crippen LogP contribution in [0.15, 0.2) is 225 Å². The number of fused-ring (bicyclic) bond motifs is 9. The van der Waals surface area contributed by atoms with Crippen LogP contribution in [0, 0.1) is 0 Å². The number of nitrogens with zero attached hydrogens (tertiary/aromatic N) is 4. The van der Waals surface area contributed by atoms with Gasteiger partial charge < -0.3 is 14.0 Å². The molecule has 306 valence electrons. The number of hydrogen-bond acceptors (Lipinski definition) is 3. The summed E-state index contributed by atoms with van der Waals surface area (Å²) in [5.41, 5.74) is 14.6. The van der Waals surface area contributed by atoms with Crippen molar-refractivity contribution in [1.82, 2.24) is 14.1 Å². The minimum absolute atomic E-state index is 0.598. The van der Waals surface area contributed by atoms with E-state index in [1.807, 2.05) is 23.6 Å². The van der Waals surface area contributed by atoms with Crippen molar-refractivity contribution in [3.05, 3.63) is 230 Å². The van der Waals surface area contributed by atoms with Gasteiger partial charge in [0.2, 0.25) is 0 Å². The number of anilines is 3. The van der Waals surface area contributed by atoms with Crippen LogP contribution in [0.2, 0.25) is 5.02 Å². The van der Waals surface area contributed by atoms with Gasteiger partial charge in [-0.15, -0.1) is 11.3 Å². The largest absolute Gasteiger partial charge is 0.310 e. The number of rotatable bonds is 7. The summed E-state index contributed by atoms with van der Waals surface area (Å²) in [6.45, 7) is 0. The van der Waals surface area contributed by atoms with Crippen molar-refractivity contribution in [2.24, 2.45) is 0 Å². The number of pyridine rings is 1. The fraction of sp³-hybridized carbons (Fsp3) is 0. The van der Waals surface area contributed by atoms with E-state index in [0.29, 0.717) is 5.02 Å². The van der Waals surface area contributed by atoms with Crippen molar-refractivity contribution in [2.75, 3.05) is 4.90 Å². The van der Waals surface area contributed by atoms with E-state index in [0.717, 1.165) is 66.9 Å². The molecule has 13 rings (SSSR count). The predicted molar refractivity (Wildman–Crippen MR) is 276 cm³/mol. The van der Waals surface area contributed by atoms with Gasteiger partial charge in [0.25, 0.3) is 0 Å². The first-order valence-corrected chi connectivity index (χ1v) is 23.0. The zero-order chi connectivity index (χ0) is 43.0. The Balaban J connectivity index is 0.963. The normalized spacial score (nSPS) is 11.8. The maximum absolute atomic E-state index is 6.62. The van der Waals surface area contributed by atoms with Gasteiger partial charge in [-0.05, 0) is 113 Å². The van der Waals surface area contributed by atoms with Crippen molar-refractivity contribution >= 4 is 104 Å². The summed E-state index contributed by atoms with van der Waals surface area (Å²) < 4.78 is 7.26. The number of aromatic nitrogens is 3. The first kappa shape index (κ1) is 37.6. The van der Waals surface area contributed by atoms with E-state index in [-0.39, 0.29) is 0 Å². The predicted octanol–water partition coefficient (Wildman–Crippen LogP) is 17.1. The number of hydrogen-bond donors (Lipinski definition) is 0. The van der Waals surface area contributed by atoms with Crippen molar-refractivity contribution in [1.29, 1.82) is 0 Å². The summed E-state index contributed by atoms with van der Waals surface area (Å²) in [7, 11) is 0. The van der Waals surface area contributed by atoms with Gasteiger partial charge in [0.1, 0.15) is 0 Å². The van der Waals surface area contributed by atoms with Crippen LogP contribution in [0.5, 0.6) is 0 Å². The first-order chi connectivity index (χ1) is 32.1. The molecule has 9 aromatic carbocycles. The smallest absolute Gasteiger partial charge is 0.0660 e. The molecular formula is C59H37ClN4S. The minimum Gasteiger partial charge on any atom is -0.310 e. The number of benzene rings is 9. The Kier molecular flexibility index (Phi) is 8.73. The lowest BCUT2D eigenvalue weighted by Gasteiger charge is -2.26. The molecule has 0 unspecified atom stereocenters. The van der Waals surface area contributed by atoms with E-state index in [2.05, 4.69) is 225 Å². The topological polar surface area (TPSA) is 26.0 Å². The van der Waals surface area contributed by atoms with E-state index >= 15 is 0 Å². The van der Waals surface area contributed by atoms with Crippen molar-refractivity contribution < 1.29 is 0 Å². The van der Waals surface area contributed by atoms with Crippen molar-refractivity contribution in [3.8, 4) is 33.6 Å². The second kappa shape index (κ2) is 15.1. The lowest BCUT2D eigenvalue weighted by molar-refractivity contribution is 1.14.